The Morgan fingerprint density at radius 3 is 2.27 bits per heavy atom. The number of anilines is 1. The molecule has 51 heavy (non-hydrogen) atoms. The number of piperazine rings is 1. The summed E-state index contributed by atoms with van der Waals surface area (Å²) in [5, 5.41) is 3.17. The molecule has 2 saturated heterocycles. The Kier molecular flexibility index (Phi) is 11.6. The fourth-order valence-corrected chi connectivity index (χ4v) is 8.14. The first kappa shape index (κ1) is 37.1. The van der Waals surface area contributed by atoms with Crippen LogP contribution in [0.2, 0.25) is 0 Å². The number of alkyl halides is 3. The number of aromatic nitrogens is 1. The highest BCUT2D eigenvalue weighted by molar-refractivity contribution is 5.80. The second kappa shape index (κ2) is 16.0. The van der Waals surface area contributed by atoms with Gasteiger partial charge in [0.15, 0.2) is 0 Å². The minimum Gasteiger partial charge on any atom is -0.371 e. The number of hydrogen-bond donors (Lipinski definition) is 1. The van der Waals surface area contributed by atoms with E-state index >= 15 is 0 Å². The third kappa shape index (κ3) is 8.89. The highest BCUT2D eigenvalue weighted by Gasteiger charge is 2.43. The molecule has 0 spiro atoms. The molecular weight excluding hydrogens is 644 g/mol. The molecule has 3 aliphatic rings. The quantitative estimate of drug-likeness (QED) is 0.228. The van der Waals surface area contributed by atoms with Gasteiger partial charge in [-0.1, -0.05) is 52.0 Å². The van der Waals surface area contributed by atoms with Gasteiger partial charge >= 0.3 is 6.18 Å². The van der Waals surface area contributed by atoms with Crippen molar-refractivity contribution < 1.29 is 13.2 Å². The average molecular weight is 700 g/mol. The number of rotatable bonds is 10. The molecule has 274 valence electrons. The standard InChI is InChI=1S/C43H56F3N5/c1-29(2)23-35-25-37(9-7-31(35)5)50-21-19-49(20-22-50)16-12-33-13-17-51(18-14-33)42-41(43(44,45)46)26-36(27-48-42)34-8-10-39(32(6)24-34)40-28-47-15-11-38(40)30(3)4/h7-11,15,24-30,33,42,48H,12-14,16-23H2,1-6H3. The monoisotopic (exact) mass is 699 g/mol. The Hall–Kier alpha value is -3.62. The number of piperidine rings is 1. The maximum Gasteiger partial charge on any atom is 0.415 e. The highest BCUT2D eigenvalue weighted by Crippen LogP contribution is 2.38. The van der Waals surface area contributed by atoms with E-state index in [9.17, 15) is 13.2 Å². The average Bonchev–Trinajstić information content (AvgIpc) is 3.11. The lowest BCUT2D eigenvalue weighted by Gasteiger charge is -2.41. The van der Waals surface area contributed by atoms with Gasteiger partial charge in [0, 0.05) is 69.1 Å². The fourth-order valence-electron chi connectivity index (χ4n) is 8.14. The second-order valence-electron chi connectivity index (χ2n) is 15.7. The lowest BCUT2D eigenvalue weighted by atomic mass is 9.89. The molecule has 6 rings (SSSR count). The van der Waals surface area contributed by atoms with Crippen LogP contribution in [0.15, 0.2) is 72.7 Å². The van der Waals surface area contributed by atoms with E-state index in [1.54, 1.807) is 12.4 Å². The second-order valence-corrected chi connectivity index (χ2v) is 15.7. The van der Waals surface area contributed by atoms with Crippen LogP contribution in [0.5, 0.6) is 0 Å². The van der Waals surface area contributed by atoms with Gasteiger partial charge in [-0.25, -0.2) is 0 Å². The number of likely N-dealkylation sites (tertiary alicyclic amines) is 1. The van der Waals surface area contributed by atoms with Crippen LogP contribution in [-0.2, 0) is 6.42 Å². The molecular formula is C43H56F3N5. The summed E-state index contributed by atoms with van der Waals surface area (Å²) in [4.78, 5) is 11.4. The minimum absolute atomic E-state index is 0.334. The van der Waals surface area contributed by atoms with E-state index in [2.05, 4.69) is 72.9 Å². The summed E-state index contributed by atoms with van der Waals surface area (Å²) in [6.07, 6.45) is 5.59. The molecule has 1 N–H and O–H groups in total. The Bertz CT molecular complexity index is 1710. The minimum atomic E-state index is -4.43. The first-order valence-electron chi connectivity index (χ1n) is 19.0. The van der Waals surface area contributed by atoms with E-state index in [-0.39, 0.29) is 0 Å². The van der Waals surface area contributed by atoms with E-state index in [0.29, 0.717) is 36.4 Å². The number of aryl methyl sites for hydroxylation is 2. The fraction of sp³-hybridized carbons (Fsp3) is 0.512. The van der Waals surface area contributed by atoms with Gasteiger partial charge in [-0.15, -0.1) is 0 Å². The van der Waals surface area contributed by atoms with Crippen LogP contribution in [0.4, 0.5) is 18.9 Å². The van der Waals surface area contributed by atoms with Gasteiger partial charge in [0.1, 0.15) is 6.17 Å². The number of dihydropyridines is 1. The van der Waals surface area contributed by atoms with Crippen molar-refractivity contribution in [3.8, 4) is 11.1 Å². The van der Waals surface area contributed by atoms with Crippen molar-refractivity contribution in [2.75, 3.05) is 50.7 Å². The molecule has 1 aromatic heterocycles. The Morgan fingerprint density at radius 2 is 1.61 bits per heavy atom. The van der Waals surface area contributed by atoms with Gasteiger partial charge in [-0.2, -0.15) is 13.2 Å². The van der Waals surface area contributed by atoms with Crippen molar-refractivity contribution in [3.63, 3.8) is 0 Å². The van der Waals surface area contributed by atoms with Crippen LogP contribution < -0.4 is 10.2 Å². The first-order chi connectivity index (χ1) is 24.4. The predicted octanol–water partition coefficient (Wildman–Crippen LogP) is 9.37. The van der Waals surface area contributed by atoms with Crippen LogP contribution in [0.1, 0.15) is 80.7 Å². The van der Waals surface area contributed by atoms with Gasteiger partial charge in [0.05, 0.1) is 5.57 Å². The molecule has 0 radical (unpaired) electrons. The Morgan fingerprint density at radius 1 is 0.863 bits per heavy atom. The number of halogens is 3. The molecule has 3 aromatic rings. The topological polar surface area (TPSA) is 34.6 Å². The molecule has 4 heterocycles. The van der Waals surface area contributed by atoms with Gasteiger partial charge < -0.3 is 10.2 Å². The first-order valence-corrected chi connectivity index (χ1v) is 19.0. The largest absolute Gasteiger partial charge is 0.415 e. The zero-order chi connectivity index (χ0) is 36.3. The predicted molar refractivity (Wildman–Crippen MR) is 205 cm³/mol. The van der Waals surface area contributed by atoms with Crippen LogP contribution in [0.25, 0.3) is 16.7 Å². The maximum absolute atomic E-state index is 14.6. The summed E-state index contributed by atoms with van der Waals surface area (Å²) in [5.74, 6) is 1.52. The van der Waals surface area contributed by atoms with E-state index in [1.165, 1.54) is 28.5 Å². The molecule has 0 amide bonds. The summed E-state index contributed by atoms with van der Waals surface area (Å²) >= 11 is 0. The molecule has 0 bridgehead atoms. The SMILES string of the molecule is Cc1ccc(N2CCN(CCC3CCN(C4NC=C(c5ccc(-c6cnccc6C(C)C)c(C)c5)C=C4C(F)(F)F)CC3)CC2)cc1CC(C)C. The van der Waals surface area contributed by atoms with Gasteiger partial charge in [0.25, 0.3) is 0 Å². The van der Waals surface area contributed by atoms with E-state index < -0.39 is 17.9 Å². The highest BCUT2D eigenvalue weighted by atomic mass is 19.4. The van der Waals surface area contributed by atoms with Gasteiger partial charge in [0.2, 0.25) is 0 Å². The molecule has 8 heteroatoms. The smallest absolute Gasteiger partial charge is 0.371 e. The number of nitrogens with zero attached hydrogens (tertiary/aromatic N) is 4. The third-order valence-corrected chi connectivity index (χ3v) is 11.2. The molecule has 1 unspecified atom stereocenters. The molecule has 3 aliphatic heterocycles. The zero-order valence-electron chi connectivity index (χ0n) is 31.4. The van der Waals surface area contributed by atoms with Crippen molar-refractivity contribution >= 4 is 11.3 Å². The Balaban J connectivity index is 1.02. The summed E-state index contributed by atoms with van der Waals surface area (Å²) < 4.78 is 43.7. The molecule has 1 atom stereocenters. The summed E-state index contributed by atoms with van der Waals surface area (Å²) in [6, 6.07) is 14.9. The van der Waals surface area contributed by atoms with E-state index in [0.717, 1.165) is 80.7 Å². The molecule has 2 aromatic carbocycles. The van der Waals surface area contributed by atoms with Crippen LogP contribution in [0, 0.1) is 25.7 Å². The van der Waals surface area contributed by atoms with Crippen molar-refractivity contribution in [2.24, 2.45) is 11.8 Å². The van der Waals surface area contributed by atoms with Crippen molar-refractivity contribution in [2.45, 2.75) is 85.5 Å². The van der Waals surface area contributed by atoms with Crippen molar-refractivity contribution in [1.29, 1.82) is 0 Å². The molecule has 0 aliphatic carbocycles. The van der Waals surface area contributed by atoms with Gasteiger partial charge in [-0.05, 0) is 127 Å². The number of benzene rings is 2. The number of pyridine rings is 1. The van der Waals surface area contributed by atoms with Gasteiger partial charge in [-0.3, -0.25) is 14.8 Å². The number of allylic oxidation sites excluding steroid dienone is 2. The van der Waals surface area contributed by atoms with Crippen molar-refractivity contribution in [1.82, 2.24) is 20.1 Å². The normalized spacial score (nSPS) is 19.7. The van der Waals surface area contributed by atoms with Crippen LogP contribution >= 0.6 is 0 Å². The van der Waals surface area contributed by atoms with Crippen LogP contribution in [0.3, 0.4) is 0 Å². The number of nitrogens with one attached hydrogen (secondary N) is 1. The lowest BCUT2D eigenvalue weighted by molar-refractivity contribution is -0.104. The maximum atomic E-state index is 14.6. The zero-order valence-corrected chi connectivity index (χ0v) is 31.4. The van der Waals surface area contributed by atoms with Crippen LogP contribution in [-0.4, -0.2) is 72.9 Å². The molecule has 0 saturated carbocycles. The Labute approximate surface area is 303 Å². The van der Waals surface area contributed by atoms with E-state index in [4.69, 9.17) is 0 Å². The third-order valence-electron chi connectivity index (χ3n) is 11.2. The summed E-state index contributed by atoms with van der Waals surface area (Å²) in [6.45, 7) is 19.6. The lowest BCUT2D eigenvalue weighted by Crippen LogP contribution is -2.52. The summed E-state index contributed by atoms with van der Waals surface area (Å²) in [7, 11) is 0. The summed E-state index contributed by atoms with van der Waals surface area (Å²) in [5.41, 5.74) is 9.32. The molecule has 2 fully saturated rings. The molecule has 5 nitrogen and oxygen atoms in total. The van der Waals surface area contributed by atoms with E-state index in [1.807, 2.05) is 42.3 Å². The number of hydrogen-bond acceptors (Lipinski definition) is 5. The van der Waals surface area contributed by atoms with Crippen molar-refractivity contribution in [3.05, 3.63) is 101 Å².